The molecule has 0 aliphatic rings. The van der Waals surface area contributed by atoms with Crippen molar-refractivity contribution in [1.29, 1.82) is 5.26 Å². The zero-order valence-electron chi connectivity index (χ0n) is 17.3. The Hall–Kier alpha value is -3.79. The number of nitriles is 1. The lowest BCUT2D eigenvalue weighted by Crippen LogP contribution is -2.38. The lowest BCUT2D eigenvalue weighted by molar-refractivity contribution is -0.129. The quantitative estimate of drug-likeness (QED) is 0.645. The summed E-state index contributed by atoms with van der Waals surface area (Å²) in [6.07, 6.45) is 1.76. The van der Waals surface area contributed by atoms with Gasteiger partial charge in [0.2, 0.25) is 5.91 Å². The highest BCUT2D eigenvalue weighted by Crippen LogP contribution is 2.28. The number of benzene rings is 2. The van der Waals surface area contributed by atoms with Crippen LogP contribution >= 0.6 is 0 Å². The average Bonchev–Trinajstić information content (AvgIpc) is 2.76. The van der Waals surface area contributed by atoms with E-state index in [0.29, 0.717) is 23.6 Å². The van der Waals surface area contributed by atoms with Crippen molar-refractivity contribution in [3.05, 3.63) is 65.4 Å². The topological polar surface area (TPSA) is 91.7 Å². The molecule has 0 saturated heterocycles. The van der Waals surface area contributed by atoms with E-state index >= 15 is 0 Å². The minimum absolute atomic E-state index is 0.114. The molecule has 2 rings (SSSR count). The molecule has 0 unspecified atom stereocenters. The molecule has 7 heteroatoms. The maximum atomic E-state index is 13.2. The van der Waals surface area contributed by atoms with Crippen molar-refractivity contribution in [2.45, 2.75) is 19.9 Å². The third kappa shape index (κ3) is 6.38. The smallest absolute Gasteiger partial charge is 0.270 e. The van der Waals surface area contributed by atoms with E-state index in [1.165, 1.54) is 21.1 Å². The number of carbonyl (C=O) groups excluding carboxylic acids is 2. The van der Waals surface area contributed by atoms with E-state index < -0.39 is 0 Å². The first-order chi connectivity index (χ1) is 14.5. The monoisotopic (exact) mass is 407 g/mol. The minimum atomic E-state index is -0.376. The van der Waals surface area contributed by atoms with Gasteiger partial charge in [-0.1, -0.05) is 36.4 Å². The number of amides is 2. The Bertz CT molecular complexity index is 949. The predicted octanol–water partition coefficient (Wildman–Crippen LogP) is 3.12. The van der Waals surface area contributed by atoms with Gasteiger partial charge >= 0.3 is 0 Å². The molecule has 30 heavy (non-hydrogen) atoms. The van der Waals surface area contributed by atoms with Gasteiger partial charge in [-0.05, 0) is 29.3 Å². The molecule has 0 saturated carbocycles. The molecule has 0 atom stereocenters. The summed E-state index contributed by atoms with van der Waals surface area (Å²) in [5.74, 6) is 0.322. The van der Waals surface area contributed by atoms with Crippen molar-refractivity contribution in [2.24, 2.45) is 0 Å². The molecule has 0 radical (unpaired) electrons. The van der Waals surface area contributed by atoms with Gasteiger partial charge < -0.3 is 19.7 Å². The van der Waals surface area contributed by atoms with E-state index in [9.17, 15) is 9.59 Å². The second-order valence-electron chi connectivity index (χ2n) is 6.47. The minimum Gasteiger partial charge on any atom is -0.493 e. The maximum Gasteiger partial charge on any atom is 0.270 e. The van der Waals surface area contributed by atoms with Gasteiger partial charge in [0.05, 0.1) is 26.7 Å². The van der Waals surface area contributed by atoms with Crippen molar-refractivity contribution in [3.8, 4) is 17.6 Å². The average molecular weight is 407 g/mol. The van der Waals surface area contributed by atoms with E-state index in [2.05, 4.69) is 11.4 Å². The summed E-state index contributed by atoms with van der Waals surface area (Å²) < 4.78 is 10.5. The summed E-state index contributed by atoms with van der Waals surface area (Å²) >= 11 is 0. The first kappa shape index (κ1) is 22.5. The third-order valence-corrected chi connectivity index (χ3v) is 4.26. The van der Waals surface area contributed by atoms with Crippen LogP contribution in [0.5, 0.6) is 11.5 Å². The van der Waals surface area contributed by atoms with Crippen LogP contribution in [0.2, 0.25) is 0 Å². The summed E-state index contributed by atoms with van der Waals surface area (Å²) in [6.45, 7) is 1.91. The van der Waals surface area contributed by atoms with Gasteiger partial charge in [0.25, 0.3) is 5.91 Å². The lowest BCUT2D eigenvalue weighted by Gasteiger charge is -2.23. The van der Waals surface area contributed by atoms with Crippen LogP contribution in [-0.4, -0.2) is 37.5 Å². The van der Waals surface area contributed by atoms with E-state index in [0.717, 1.165) is 5.56 Å². The summed E-state index contributed by atoms with van der Waals surface area (Å²) in [6, 6.07) is 16.7. The van der Waals surface area contributed by atoms with E-state index in [4.69, 9.17) is 14.7 Å². The van der Waals surface area contributed by atoms with Crippen molar-refractivity contribution >= 4 is 17.9 Å². The number of hydrogen-bond acceptors (Lipinski definition) is 5. The summed E-state index contributed by atoms with van der Waals surface area (Å²) in [4.78, 5) is 26.5. The Labute approximate surface area is 176 Å². The van der Waals surface area contributed by atoms with Gasteiger partial charge in [0.15, 0.2) is 11.5 Å². The standard InChI is InChI=1S/C23H25N3O4/c1-17(27)25-20(14-19-10-11-21(29-2)22(15-19)30-3)23(28)26(13-7-12-24)16-18-8-5-4-6-9-18/h4-6,8-11,14-15H,7,13,16H2,1-3H3,(H,25,27)/b20-14-. The van der Waals surface area contributed by atoms with Crippen LogP contribution < -0.4 is 14.8 Å². The van der Waals surface area contributed by atoms with Crippen LogP contribution in [0.25, 0.3) is 6.08 Å². The van der Waals surface area contributed by atoms with E-state index in [1.54, 1.807) is 29.2 Å². The fourth-order valence-electron chi connectivity index (χ4n) is 2.86. The molecule has 7 nitrogen and oxygen atoms in total. The normalized spacial score (nSPS) is 10.7. The molecule has 0 spiro atoms. The van der Waals surface area contributed by atoms with E-state index in [1.807, 2.05) is 30.3 Å². The fourth-order valence-corrected chi connectivity index (χ4v) is 2.86. The van der Waals surface area contributed by atoms with Crippen LogP contribution in [0.15, 0.2) is 54.2 Å². The summed E-state index contributed by atoms with van der Waals surface area (Å²) in [7, 11) is 3.06. The zero-order chi connectivity index (χ0) is 21.9. The first-order valence-electron chi connectivity index (χ1n) is 9.40. The van der Waals surface area contributed by atoms with Crippen molar-refractivity contribution in [1.82, 2.24) is 10.2 Å². The molecule has 2 aromatic rings. The molecule has 1 N–H and O–H groups in total. The fraction of sp³-hybridized carbons (Fsp3) is 0.261. The molecule has 0 heterocycles. The Morgan fingerprint density at radius 2 is 1.80 bits per heavy atom. The van der Waals surface area contributed by atoms with Gasteiger partial charge in [-0.2, -0.15) is 5.26 Å². The highest BCUT2D eigenvalue weighted by atomic mass is 16.5. The number of nitrogens with one attached hydrogen (secondary N) is 1. The molecular formula is C23H25N3O4. The lowest BCUT2D eigenvalue weighted by atomic mass is 10.1. The van der Waals surface area contributed by atoms with Crippen molar-refractivity contribution < 1.29 is 19.1 Å². The third-order valence-electron chi connectivity index (χ3n) is 4.26. The van der Waals surface area contributed by atoms with E-state index in [-0.39, 0.29) is 30.5 Å². The van der Waals surface area contributed by atoms with Crippen LogP contribution in [0.3, 0.4) is 0 Å². The van der Waals surface area contributed by atoms with Crippen LogP contribution in [0, 0.1) is 11.3 Å². The molecular weight excluding hydrogens is 382 g/mol. The largest absolute Gasteiger partial charge is 0.493 e. The number of nitrogens with zero attached hydrogens (tertiary/aromatic N) is 2. The number of carbonyl (C=O) groups is 2. The second kappa shape index (κ2) is 11.3. The predicted molar refractivity (Wildman–Crippen MR) is 113 cm³/mol. The van der Waals surface area contributed by atoms with Gasteiger partial charge in [-0.25, -0.2) is 0 Å². The van der Waals surface area contributed by atoms with Gasteiger partial charge in [0.1, 0.15) is 5.70 Å². The van der Waals surface area contributed by atoms with Gasteiger partial charge in [0, 0.05) is 20.0 Å². The summed E-state index contributed by atoms with van der Waals surface area (Å²) in [5, 5.41) is 11.6. The Kier molecular flexibility index (Phi) is 8.45. The van der Waals surface area contributed by atoms with Gasteiger partial charge in [-0.15, -0.1) is 0 Å². The second-order valence-corrected chi connectivity index (χ2v) is 6.47. The molecule has 0 aromatic heterocycles. The zero-order valence-corrected chi connectivity index (χ0v) is 17.3. The first-order valence-corrected chi connectivity index (χ1v) is 9.40. The molecule has 2 aromatic carbocycles. The van der Waals surface area contributed by atoms with Crippen molar-refractivity contribution in [3.63, 3.8) is 0 Å². The molecule has 156 valence electrons. The highest BCUT2D eigenvalue weighted by Gasteiger charge is 2.20. The maximum absolute atomic E-state index is 13.2. The molecule has 0 aliphatic heterocycles. The Morgan fingerprint density at radius 3 is 2.40 bits per heavy atom. The highest BCUT2D eigenvalue weighted by molar-refractivity contribution is 6.01. The molecule has 0 fully saturated rings. The molecule has 0 aliphatic carbocycles. The number of methoxy groups -OCH3 is 2. The SMILES string of the molecule is COc1ccc(/C=C(\NC(C)=O)C(=O)N(CCC#N)Cc2ccccc2)cc1OC. The summed E-state index contributed by atoms with van der Waals surface area (Å²) in [5.41, 5.74) is 1.70. The Balaban J connectivity index is 2.39. The molecule has 2 amide bonds. The van der Waals surface area contributed by atoms with Gasteiger partial charge in [-0.3, -0.25) is 9.59 Å². The molecule has 0 bridgehead atoms. The van der Waals surface area contributed by atoms with Crippen molar-refractivity contribution in [2.75, 3.05) is 20.8 Å². The number of hydrogen-bond donors (Lipinski definition) is 1. The number of ether oxygens (including phenoxy) is 2. The van der Waals surface area contributed by atoms with Crippen LogP contribution in [0.1, 0.15) is 24.5 Å². The Morgan fingerprint density at radius 1 is 1.10 bits per heavy atom. The van der Waals surface area contributed by atoms with Crippen LogP contribution in [-0.2, 0) is 16.1 Å². The van der Waals surface area contributed by atoms with Crippen LogP contribution in [0.4, 0.5) is 0 Å². The number of rotatable bonds is 9.